The third kappa shape index (κ3) is 13.3. The molecule has 0 aromatic rings. The molecule has 1 N–H and O–H groups in total. The summed E-state index contributed by atoms with van der Waals surface area (Å²) in [4.78, 5) is 41.8. The molecule has 0 aromatic carbocycles. The lowest BCUT2D eigenvalue weighted by Crippen LogP contribution is -2.39. The minimum atomic E-state index is -0.774. The highest BCUT2D eigenvalue weighted by Gasteiger charge is 2.27. The third-order valence-electron chi connectivity index (χ3n) is 8.68. The van der Waals surface area contributed by atoms with Crippen molar-refractivity contribution in [3.05, 3.63) is 58.7 Å². The van der Waals surface area contributed by atoms with Crippen LogP contribution in [-0.2, 0) is 19.0 Å². The predicted molar refractivity (Wildman–Crippen MR) is 189 cm³/mol. The van der Waals surface area contributed by atoms with Crippen LogP contribution in [0.3, 0.4) is 0 Å². The van der Waals surface area contributed by atoms with E-state index in [4.69, 9.17) is 14.2 Å². The van der Waals surface area contributed by atoms with E-state index < -0.39 is 23.3 Å². The molecule has 0 fully saturated rings. The van der Waals surface area contributed by atoms with Crippen LogP contribution in [0.4, 0.5) is 9.59 Å². The molecule has 3 atom stereocenters. The Morgan fingerprint density at radius 3 is 1.90 bits per heavy atom. The van der Waals surface area contributed by atoms with Gasteiger partial charge in [-0.2, -0.15) is 0 Å². The molecule has 3 aliphatic heterocycles. The summed E-state index contributed by atoms with van der Waals surface area (Å²) in [5, 5.41) is 10.8. The van der Waals surface area contributed by atoms with Gasteiger partial charge in [-0.15, -0.1) is 0 Å². The van der Waals surface area contributed by atoms with E-state index in [0.29, 0.717) is 32.6 Å². The van der Waals surface area contributed by atoms with Gasteiger partial charge < -0.3 is 29.1 Å². The van der Waals surface area contributed by atoms with Gasteiger partial charge in [-0.1, -0.05) is 61.4 Å². The second-order valence-corrected chi connectivity index (χ2v) is 15.2. The number of aliphatic hydroxyl groups is 1. The predicted octanol–water partition coefficient (Wildman–Crippen LogP) is 8.06. The van der Waals surface area contributed by atoms with Crippen LogP contribution in [0.15, 0.2) is 58.7 Å². The van der Waals surface area contributed by atoms with Crippen LogP contribution >= 0.6 is 0 Å². The van der Waals surface area contributed by atoms with E-state index in [1.165, 1.54) is 5.57 Å². The van der Waals surface area contributed by atoms with Gasteiger partial charge in [0.1, 0.15) is 17.8 Å². The van der Waals surface area contributed by atoms with Crippen molar-refractivity contribution in [2.75, 3.05) is 32.8 Å². The summed E-state index contributed by atoms with van der Waals surface area (Å²) in [5.74, 6) is -0.360. The van der Waals surface area contributed by atoms with Crippen LogP contribution in [0.25, 0.3) is 0 Å². The van der Waals surface area contributed by atoms with Crippen molar-refractivity contribution in [1.82, 2.24) is 9.80 Å². The highest BCUT2D eigenvalue weighted by atomic mass is 16.6. The lowest BCUT2D eigenvalue weighted by atomic mass is 9.85. The van der Waals surface area contributed by atoms with Gasteiger partial charge in [0.25, 0.3) is 0 Å². The minimum Gasteiger partial charge on any atom is -0.465 e. The van der Waals surface area contributed by atoms with E-state index in [-0.39, 0.29) is 37.0 Å². The zero-order chi connectivity index (χ0) is 35.5. The standard InChI is InChI=1S/C39H60N2O7/c1-9-30(22-28-14-12-20-40(25-28)36(44)47-38(3,4)5)32-16-11-17-33(27-46-35(43)24-34(42)19-18-32)31(10-2)23-29-15-13-21-41(26-29)37(45)48-39(6,7)8/h11,14-15,17,22-23,32-34,42H,9-10,12-13,16,18-21,24-27H2,1-8H3/b17-11?,30-22+,31-23+. The molecule has 3 heterocycles. The number of allylic oxidation sites excluding steroid dienone is 2. The molecule has 0 saturated heterocycles. The molecule has 3 aliphatic rings. The lowest BCUT2D eigenvalue weighted by Gasteiger charge is -2.30. The molecule has 3 rings (SSSR count). The van der Waals surface area contributed by atoms with E-state index in [1.807, 2.05) is 41.5 Å². The molecule has 0 radical (unpaired) electrons. The number of rotatable bonds is 6. The quantitative estimate of drug-likeness (QED) is 0.173. The topological polar surface area (TPSA) is 106 Å². The second-order valence-electron chi connectivity index (χ2n) is 15.2. The molecule has 9 heteroatoms. The molecule has 0 spiro atoms. The van der Waals surface area contributed by atoms with Crippen LogP contribution in [-0.4, -0.2) is 83.2 Å². The highest BCUT2D eigenvalue weighted by molar-refractivity contribution is 5.70. The van der Waals surface area contributed by atoms with Crippen molar-refractivity contribution in [1.29, 1.82) is 0 Å². The van der Waals surface area contributed by atoms with Gasteiger partial charge in [0.05, 0.1) is 12.5 Å². The van der Waals surface area contributed by atoms with Crippen LogP contribution in [0, 0.1) is 11.8 Å². The zero-order valence-corrected chi connectivity index (χ0v) is 30.7. The van der Waals surface area contributed by atoms with Crippen molar-refractivity contribution < 1.29 is 33.7 Å². The molecule has 0 aliphatic carbocycles. The first kappa shape index (κ1) is 39.1. The molecule has 48 heavy (non-hydrogen) atoms. The summed E-state index contributed by atoms with van der Waals surface area (Å²) >= 11 is 0. The van der Waals surface area contributed by atoms with Crippen molar-refractivity contribution in [2.45, 2.75) is 124 Å². The fourth-order valence-corrected chi connectivity index (χ4v) is 6.25. The van der Waals surface area contributed by atoms with E-state index in [0.717, 1.165) is 55.2 Å². The normalized spacial score (nSPS) is 24.1. The van der Waals surface area contributed by atoms with E-state index in [1.54, 1.807) is 9.80 Å². The summed E-state index contributed by atoms with van der Waals surface area (Å²) in [6, 6.07) is 0. The van der Waals surface area contributed by atoms with Gasteiger partial charge in [-0.25, -0.2) is 9.59 Å². The molecule has 9 nitrogen and oxygen atoms in total. The van der Waals surface area contributed by atoms with Crippen LogP contribution in [0.5, 0.6) is 0 Å². The number of amides is 2. The van der Waals surface area contributed by atoms with E-state index in [9.17, 15) is 19.5 Å². The van der Waals surface area contributed by atoms with Crippen molar-refractivity contribution in [2.24, 2.45) is 11.8 Å². The van der Waals surface area contributed by atoms with Crippen LogP contribution in [0.2, 0.25) is 0 Å². The first-order valence-electron chi connectivity index (χ1n) is 17.8. The summed E-state index contributed by atoms with van der Waals surface area (Å²) < 4.78 is 16.9. The molecular formula is C39H60N2O7. The molecule has 2 amide bonds. The Morgan fingerprint density at radius 1 is 0.875 bits per heavy atom. The number of esters is 1. The Bertz CT molecular complexity index is 1280. The second kappa shape index (κ2) is 17.9. The van der Waals surface area contributed by atoms with Gasteiger partial charge in [-0.3, -0.25) is 4.79 Å². The highest BCUT2D eigenvalue weighted by Crippen LogP contribution is 2.30. The van der Waals surface area contributed by atoms with Crippen molar-refractivity contribution in [3.63, 3.8) is 0 Å². The summed E-state index contributed by atoms with van der Waals surface area (Å²) in [6.07, 6.45) is 16.8. The molecule has 3 unspecified atom stereocenters. The number of nitrogens with zero attached hydrogens (tertiary/aromatic N) is 2. The summed E-state index contributed by atoms with van der Waals surface area (Å²) in [5.41, 5.74) is 3.41. The number of hydrogen-bond donors (Lipinski definition) is 1. The molecule has 0 bridgehead atoms. The van der Waals surface area contributed by atoms with E-state index in [2.05, 4.69) is 50.3 Å². The number of ether oxygens (including phenoxy) is 3. The smallest absolute Gasteiger partial charge is 0.410 e. The molecule has 0 aromatic heterocycles. The first-order valence-corrected chi connectivity index (χ1v) is 17.8. The number of aliphatic hydroxyl groups excluding tert-OH is 1. The van der Waals surface area contributed by atoms with Crippen LogP contribution in [0.1, 0.15) is 107 Å². The monoisotopic (exact) mass is 668 g/mol. The lowest BCUT2D eigenvalue weighted by molar-refractivity contribution is -0.146. The maximum atomic E-state index is 12.8. The maximum absolute atomic E-state index is 12.8. The SMILES string of the molecule is CC/C(=C\C1=CCCN(C(=O)OC(C)(C)C)C1)C1C=CCC(/C(=C/C2=CCCN(C(=O)OC(C)(C)C)C2)CC)CCC(O)CC(=O)OC1. The van der Waals surface area contributed by atoms with Gasteiger partial charge in [0.15, 0.2) is 0 Å². The van der Waals surface area contributed by atoms with Gasteiger partial charge in [0, 0.05) is 32.1 Å². The van der Waals surface area contributed by atoms with Gasteiger partial charge >= 0.3 is 18.2 Å². The fraction of sp³-hybridized carbons (Fsp3) is 0.667. The number of cyclic esters (lactones) is 1. The van der Waals surface area contributed by atoms with Crippen molar-refractivity contribution >= 4 is 18.2 Å². The Morgan fingerprint density at radius 2 is 1.40 bits per heavy atom. The summed E-state index contributed by atoms with van der Waals surface area (Å²) in [7, 11) is 0. The Labute approximate surface area is 288 Å². The fourth-order valence-electron chi connectivity index (χ4n) is 6.25. The largest absolute Gasteiger partial charge is 0.465 e. The number of hydrogen-bond acceptors (Lipinski definition) is 7. The molecule has 268 valence electrons. The molecule has 0 saturated carbocycles. The van der Waals surface area contributed by atoms with Gasteiger partial charge in [0.2, 0.25) is 0 Å². The average Bonchev–Trinajstić information content (AvgIpc) is 3.00. The van der Waals surface area contributed by atoms with E-state index >= 15 is 0 Å². The number of carbonyl (C=O) groups excluding carboxylic acids is 3. The minimum absolute atomic E-state index is 0.0362. The average molecular weight is 669 g/mol. The number of carbonyl (C=O) groups is 3. The Kier molecular flexibility index (Phi) is 14.6. The van der Waals surface area contributed by atoms with Gasteiger partial charge in [-0.05, 0) is 104 Å². The molecular weight excluding hydrogens is 608 g/mol. The first-order chi connectivity index (χ1) is 22.6. The third-order valence-corrected chi connectivity index (χ3v) is 8.68. The van der Waals surface area contributed by atoms with Crippen LogP contribution < -0.4 is 0 Å². The Balaban J connectivity index is 1.82. The van der Waals surface area contributed by atoms with Crippen molar-refractivity contribution in [3.8, 4) is 0 Å². The zero-order valence-electron chi connectivity index (χ0n) is 30.7. The summed E-state index contributed by atoms with van der Waals surface area (Å²) in [6.45, 7) is 17.9. The Hall–Kier alpha value is -3.33. The maximum Gasteiger partial charge on any atom is 0.410 e.